The number of hydrogen-bond acceptors (Lipinski definition) is 2. The van der Waals surface area contributed by atoms with Crippen LogP contribution in [0.2, 0.25) is 0 Å². The SMILES string of the molecule is O=C(Cc1cc(Br)ccc1F)C1CSc2ccccc21. The number of hydrogen-bond donors (Lipinski definition) is 0. The first kappa shape index (κ1) is 13.8. The number of Topliss-reactive ketones (excluding diaryl/α,β-unsaturated/α-hetero) is 1. The van der Waals surface area contributed by atoms with E-state index in [-0.39, 0.29) is 23.9 Å². The van der Waals surface area contributed by atoms with Crippen molar-refractivity contribution in [2.45, 2.75) is 17.2 Å². The van der Waals surface area contributed by atoms with E-state index in [0.29, 0.717) is 5.56 Å². The molecule has 20 heavy (non-hydrogen) atoms. The van der Waals surface area contributed by atoms with E-state index in [4.69, 9.17) is 0 Å². The Morgan fingerprint density at radius 2 is 2.10 bits per heavy atom. The molecule has 0 bridgehead atoms. The number of ketones is 1. The summed E-state index contributed by atoms with van der Waals surface area (Å²) in [7, 11) is 0. The minimum Gasteiger partial charge on any atom is -0.299 e. The van der Waals surface area contributed by atoms with Crippen LogP contribution in [0.3, 0.4) is 0 Å². The molecule has 1 aliphatic heterocycles. The van der Waals surface area contributed by atoms with Gasteiger partial charge >= 0.3 is 0 Å². The van der Waals surface area contributed by atoms with Gasteiger partial charge in [0.25, 0.3) is 0 Å². The van der Waals surface area contributed by atoms with E-state index in [1.165, 1.54) is 11.0 Å². The van der Waals surface area contributed by atoms with E-state index < -0.39 is 0 Å². The zero-order valence-corrected chi connectivity index (χ0v) is 13.0. The smallest absolute Gasteiger partial charge is 0.145 e. The highest BCUT2D eigenvalue weighted by Crippen LogP contribution is 2.40. The molecule has 0 fully saturated rings. The highest BCUT2D eigenvalue weighted by Gasteiger charge is 2.29. The lowest BCUT2D eigenvalue weighted by Gasteiger charge is -2.10. The minimum atomic E-state index is -0.319. The predicted octanol–water partition coefficient (Wildman–Crippen LogP) is 4.59. The fourth-order valence-corrected chi connectivity index (χ4v) is 4.09. The maximum absolute atomic E-state index is 13.7. The monoisotopic (exact) mass is 350 g/mol. The van der Waals surface area contributed by atoms with Gasteiger partial charge in [0.1, 0.15) is 11.6 Å². The first-order valence-electron chi connectivity index (χ1n) is 6.33. The Bertz CT molecular complexity index is 671. The van der Waals surface area contributed by atoms with Crippen LogP contribution >= 0.6 is 27.7 Å². The van der Waals surface area contributed by atoms with Gasteiger partial charge in [-0.2, -0.15) is 0 Å². The average Bonchev–Trinajstić information content (AvgIpc) is 2.87. The van der Waals surface area contributed by atoms with Gasteiger partial charge in [0.2, 0.25) is 0 Å². The molecule has 0 amide bonds. The van der Waals surface area contributed by atoms with Gasteiger partial charge in [-0.05, 0) is 35.4 Å². The third-order valence-electron chi connectivity index (χ3n) is 3.46. The van der Waals surface area contributed by atoms with Crippen molar-refractivity contribution < 1.29 is 9.18 Å². The normalized spacial score (nSPS) is 17.0. The summed E-state index contributed by atoms with van der Waals surface area (Å²) in [6.07, 6.45) is 0.144. The molecule has 0 aliphatic carbocycles. The zero-order valence-electron chi connectivity index (χ0n) is 10.6. The first-order valence-corrected chi connectivity index (χ1v) is 8.11. The molecule has 0 saturated heterocycles. The lowest BCUT2D eigenvalue weighted by atomic mass is 9.93. The van der Waals surface area contributed by atoms with Gasteiger partial charge in [-0.25, -0.2) is 4.39 Å². The maximum Gasteiger partial charge on any atom is 0.145 e. The van der Waals surface area contributed by atoms with Crippen molar-refractivity contribution in [3.63, 3.8) is 0 Å². The number of fused-ring (bicyclic) bond motifs is 1. The van der Waals surface area contributed by atoms with Crippen molar-refractivity contribution in [3.05, 3.63) is 63.9 Å². The molecular weight excluding hydrogens is 339 g/mol. The van der Waals surface area contributed by atoms with Crippen LogP contribution in [0.5, 0.6) is 0 Å². The summed E-state index contributed by atoms with van der Waals surface area (Å²) in [6.45, 7) is 0. The summed E-state index contributed by atoms with van der Waals surface area (Å²) in [4.78, 5) is 13.6. The number of halogens is 2. The number of carbonyl (C=O) groups is 1. The topological polar surface area (TPSA) is 17.1 Å². The van der Waals surface area contributed by atoms with Crippen LogP contribution in [0, 0.1) is 5.82 Å². The Morgan fingerprint density at radius 1 is 1.30 bits per heavy atom. The van der Waals surface area contributed by atoms with Crippen molar-refractivity contribution in [1.29, 1.82) is 0 Å². The van der Waals surface area contributed by atoms with Crippen LogP contribution in [-0.4, -0.2) is 11.5 Å². The Hall–Kier alpha value is -1.13. The lowest BCUT2D eigenvalue weighted by molar-refractivity contribution is -0.119. The van der Waals surface area contributed by atoms with Gasteiger partial charge in [-0.1, -0.05) is 34.1 Å². The molecule has 1 atom stereocenters. The van der Waals surface area contributed by atoms with Gasteiger partial charge in [0, 0.05) is 21.5 Å². The van der Waals surface area contributed by atoms with Crippen molar-refractivity contribution in [1.82, 2.24) is 0 Å². The summed E-state index contributed by atoms with van der Waals surface area (Å²) >= 11 is 5.01. The quantitative estimate of drug-likeness (QED) is 0.805. The fourth-order valence-electron chi connectivity index (χ4n) is 2.42. The molecule has 2 aromatic carbocycles. The van der Waals surface area contributed by atoms with E-state index in [2.05, 4.69) is 15.9 Å². The highest BCUT2D eigenvalue weighted by atomic mass is 79.9. The van der Waals surface area contributed by atoms with Crippen molar-refractivity contribution in [3.8, 4) is 0 Å². The summed E-state index contributed by atoms with van der Waals surface area (Å²) in [5.41, 5.74) is 1.54. The molecule has 3 rings (SSSR count). The van der Waals surface area contributed by atoms with E-state index in [9.17, 15) is 9.18 Å². The third kappa shape index (κ3) is 2.67. The molecule has 1 heterocycles. The molecule has 0 saturated carbocycles. The third-order valence-corrected chi connectivity index (χ3v) is 5.14. The Balaban J connectivity index is 1.83. The number of rotatable bonds is 3. The Kier molecular flexibility index (Phi) is 3.94. The molecule has 0 aromatic heterocycles. The maximum atomic E-state index is 13.7. The van der Waals surface area contributed by atoms with Gasteiger partial charge in [-0.3, -0.25) is 4.79 Å². The summed E-state index contributed by atoms with van der Waals surface area (Å²) in [6, 6.07) is 12.7. The fraction of sp³-hybridized carbons (Fsp3) is 0.188. The van der Waals surface area contributed by atoms with Gasteiger partial charge in [-0.15, -0.1) is 11.8 Å². The predicted molar refractivity (Wildman–Crippen MR) is 82.7 cm³/mol. The van der Waals surface area contributed by atoms with Crippen LogP contribution in [0.25, 0.3) is 0 Å². The number of carbonyl (C=O) groups excluding carboxylic acids is 1. The standard InChI is InChI=1S/C16H12BrFOS/c17-11-5-6-14(18)10(7-11)8-15(19)13-9-20-16-4-2-1-3-12(13)16/h1-7,13H,8-9H2. The number of benzene rings is 2. The zero-order chi connectivity index (χ0) is 14.1. The largest absolute Gasteiger partial charge is 0.299 e. The van der Waals surface area contributed by atoms with Crippen molar-refractivity contribution in [2.24, 2.45) is 0 Å². The van der Waals surface area contributed by atoms with Gasteiger partial charge < -0.3 is 0 Å². The summed E-state index contributed by atoms with van der Waals surface area (Å²) in [5, 5.41) is 0. The van der Waals surface area contributed by atoms with Gasteiger partial charge in [0.15, 0.2) is 0 Å². The average molecular weight is 351 g/mol. The second-order valence-corrected chi connectivity index (χ2v) is 6.76. The molecule has 1 unspecified atom stereocenters. The van der Waals surface area contributed by atoms with Crippen molar-refractivity contribution in [2.75, 3.05) is 5.75 Å². The molecule has 0 spiro atoms. The van der Waals surface area contributed by atoms with Crippen molar-refractivity contribution >= 4 is 33.5 Å². The molecule has 0 N–H and O–H groups in total. The number of thioether (sulfide) groups is 1. The second-order valence-electron chi connectivity index (χ2n) is 4.78. The molecule has 102 valence electrons. The van der Waals surface area contributed by atoms with Crippen LogP contribution in [-0.2, 0) is 11.2 Å². The van der Waals surface area contributed by atoms with Gasteiger partial charge in [0.05, 0.1) is 5.92 Å². The van der Waals surface area contributed by atoms with Crippen LogP contribution in [0.15, 0.2) is 51.8 Å². The molecule has 1 nitrogen and oxygen atoms in total. The molecule has 2 aromatic rings. The van der Waals surface area contributed by atoms with Crippen LogP contribution < -0.4 is 0 Å². The summed E-state index contributed by atoms with van der Waals surface area (Å²) < 4.78 is 14.5. The molecule has 1 aliphatic rings. The lowest BCUT2D eigenvalue weighted by Crippen LogP contribution is -2.15. The molecule has 0 radical (unpaired) electrons. The highest BCUT2D eigenvalue weighted by molar-refractivity contribution is 9.10. The van der Waals surface area contributed by atoms with E-state index in [1.54, 1.807) is 23.9 Å². The molecule has 4 heteroatoms. The van der Waals surface area contributed by atoms with E-state index in [1.807, 2.05) is 24.3 Å². The van der Waals surface area contributed by atoms with E-state index in [0.717, 1.165) is 15.8 Å². The molecular formula is C16H12BrFOS. The van der Waals surface area contributed by atoms with Crippen LogP contribution in [0.4, 0.5) is 4.39 Å². The van der Waals surface area contributed by atoms with Crippen LogP contribution in [0.1, 0.15) is 17.0 Å². The summed E-state index contributed by atoms with van der Waals surface area (Å²) in [5.74, 6) is 0.405. The second kappa shape index (κ2) is 5.70. The first-order chi connectivity index (χ1) is 9.65. The Labute approximate surface area is 129 Å². The minimum absolute atomic E-state index is 0.0828. The van der Waals surface area contributed by atoms with E-state index >= 15 is 0 Å². The Morgan fingerprint density at radius 3 is 2.95 bits per heavy atom.